The molecule has 0 atom stereocenters. The molecule has 1 aromatic rings. The molecule has 0 fully saturated rings. The first-order valence-corrected chi connectivity index (χ1v) is 9.06. The summed E-state index contributed by atoms with van der Waals surface area (Å²) in [5.74, 6) is 0.850. The zero-order valence-corrected chi connectivity index (χ0v) is 18.4. The third-order valence-electron chi connectivity index (χ3n) is 3.48. The van der Waals surface area contributed by atoms with E-state index in [1.54, 1.807) is 25.5 Å². The molecule has 24 heavy (non-hydrogen) atoms. The number of ether oxygens (including phenoxy) is 1. The third kappa shape index (κ3) is 10.4. The molecule has 0 spiro atoms. The number of thiazole rings is 1. The van der Waals surface area contributed by atoms with Crippen LogP contribution in [-0.2, 0) is 17.6 Å². The largest absolute Gasteiger partial charge is 0.385 e. The highest BCUT2D eigenvalue weighted by atomic mass is 127. The molecular formula is C16H32IN5OS. The second kappa shape index (κ2) is 14.9. The normalized spacial score (nSPS) is 11.5. The van der Waals surface area contributed by atoms with Crippen LogP contribution in [0.3, 0.4) is 0 Å². The van der Waals surface area contributed by atoms with Crippen molar-refractivity contribution < 1.29 is 4.74 Å². The molecule has 0 bridgehead atoms. The van der Waals surface area contributed by atoms with Gasteiger partial charge in [-0.15, -0.1) is 35.3 Å². The smallest absolute Gasteiger partial charge is 0.191 e. The van der Waals surface area contributed by atoms with Crippen LogP contribution in [0.15, 0.2) is 11.2 Å². The van der Waals surface area contributed by atoms with Gasteiger partial charge in [0.05, 0.1) is 5.01 Å². The molecule has 0 aromatic carbocycles. The summed E-state index contributed by atoms with van der Waals surface area (Å²) in [7, 11) is 5.67. The highest BCUT2D eigenvalue weighted by Crippen LogP contribution is 2.13. The molecule has 0 saturated carbocycles. The van der Waals surface area contributed by atoms with Gasteiger partial charge in [-0.3, -0.25) is 4.99 Å². The maximum Gasteiger partial charge on any atom is 0.191 e. The van der Waals surface area contributed by atoms with Crippen LogP contribution in [0.4, 0.5) is 0 Å². The van der Waals surface area contributed by atoms with Gasteiger partial charge in [-0.25, -0.2) is 4.98 Å². The fraction of sp³-hybridized carbons (Fsp3) is 0.750. The molecule has 0 unspecified atom stereocenters. The van der Waals surface area contributed by atoms with Crippen LogP contribution >= 0.6 is 35.3 Å². The lowest BCUT2D eigenvalue weighted by molar-refractivity contribution is 0.180. The lowest BCUT2D eigenvalue weighted by atomic mass is 10.4. The standard InChI is InChI=1S/C16H31N5OS.HI/c1-5-14-13-20-15(23-14)7-8-18-16(17-2)19-9-11-21(3)10-6-12-22-4;/h13H,5-12H2,1-4H3,(H2,17,18,19);1H. The average molecular weight is 469 g/mol. The first kappa shape index (κ1) is 23.5. The van der Waals surface area contributed by atoms with Crippen molar-refractivity contribution in [3.05, 3.63) is 16.1 Å². The average Bonchev–Trinajstić information content (AvgIpc) is 3.01. The highest BCUT2D eigenvalue weighted by Gasteiger charge is 2.03. The minimum atomic E-state index is 0. The number of aryl methyl sites for hydroxylation is 1. The summed E-state index contributed by atoms with van der Waals surface area (Å²) in [6.07, 6.45) is 5.04. The minimum absolute atomic E-state index is 0. The van der Waals surface area contributed by atoms with Gasteiger partial charge in [0.15, 0.2) is 5.96 Å². The second-order valence-electron chi connectivity index (χ2n) is 5.40. The Morgan fingerprint density at radius 1 is 1.33 bits per heavy atom. The Morgan fingerprint density at radius 2 is 2.08 bits per heavy atom. The predicted molar refractivity (Wildman–Crippen MR) is 114 cm³/mol. The summed E-state index contributed by atoms with van der Waals surface area (Å²) in [6.45, 7) is 6.73. The quantitative estimate of drug-likeness (QED) is 0.225. The van der Waals surface area contributed by atoms with Gasteiger partial charge in [-0.1, -0.05) is 6.92 Å². The van der Waals surface area contributed by atoms with Crippen LogP contribution in [0, 0.1) is 0 Å². The highest BCUT2D eigenvalue weighted by molar-refractivity contribution is 14.0. The SMILES string of the molecule is CCc1cnc(CCNC(=NC)NCCN(C)CCCOC)s1.I. The summed E-state index contributed by atoms with van der Waals surface area (Å²) in [4.78, 5) is 12.3. The van der Waals surface area contributed by atoms with E-state index in [4.69, 9.17) is 4.74 Å². The Labute approximate surface area is 167 Å². The lowest BCUT2D eigenvalue weighted by Crippen LogP contribution is -2.41. The van der Waals surface area contributed by atoms with Crippen molar-refractivity contribution in [2.24, 2.45) is 4.99 Å². The van der Waals surface area contributed by atoms with E-state index in [1.165, 1.54) is 9.88 Å². The molecule has 1 rings (SSSR count). The van der Waals surface area contributed by atoms with E-state index in [9.17, 15) is 0 Å². The zero-order valence-electron chi connectivity index (χ0n) is 15.3. The monoisotopic (exact) mass is 469 g/mol. The van der Waals surface area contributed by atoms with E-state index in [2.05, 4.69) is 39.5 Å². The third-order valence-corrected chi connectivity index (χ3v) is 4.68. The van der Waals surface area contributed by atoms with E-state index in [0.29, 0.717) is 0 Å². The summed E-state index contributed by atoms with van der Waals surface area (Å²) in [5, 5.41) is 7.86. The van der Waals surface area contributed by atoms with Gasteiger partial charge >= 0.3 is 0 Å². The maximum absolute atomic E-state index is 5.07. The minimum Gasteiger partial charge on any atom is -0.385 e. The van der Waals surface area contributed by atoms with Crippen LogP contribution in [-0.4, -0.2) is 69.8 Å². The van der Waals surface area contributed by atoms with Crippen molar-refractivity contribution in [2.75, 3.05) is 54.0 Å². The Morgan fingerprint density at radius 3 is 2.71 bits per heavy atom. The number of nitrogens with zero attached hydrogens (tertiary/aromatic N) is 3. The number of aromatic nitrogens is 1. The number of hydrogen-bond donors (Lipinski definition) is 2. The van der Waals surface area contributed by atoms with Crippen molar-refractivity contribution in [2.45, 2.75) is 26.2 Å². The molecular weight excluding hydrogens is 437 g/mol. The van der Waals surface area contributed by atoms with Gasteiger partial charge in [-0.05, 0) is 19.9 Å². The fourth-order valence-corrected chi connectivity index (χ4v) is 2.95. The lowest BCUT2D eigenvalue weighted by Gasteiger charge is -2.18. The van der Waals surface area contributed by atoms with Gasteiger partial charge in [0, 0.05) is 64.4 Å². The van der Waals surface area contributed by atoms with Gasteiger partial charge in [0.25, 0.3) is 0 Å². The molecule has 0 aliphatic rings. The summed E-state index contributed by atoms with van der Waals surface area (Å²) < 4.78 is 5.07. The van der Waals surface area contributed by atoms with Crippen molar-refractivity contribution in [1.82, 2.24) is 20.5 Å². The predicted octanol–water partition coefficient (Wildman–Crippen LogP) is 2.00. The number of hydrogen-bond acceptors (Lipinski definition) is 5. The molecule has 1 heterocycles. The molecule has 8 heteroatoms. The van der Waals surface area contributed by atoms with Crippen molar-refractivity contribution in [1.29, 1.82) is 0 Å². The number of aliphatic imine (C=N–C) groups is 1. The number of rotatable bonds is 11. The van der Waals surface area contributed by atoms with E-state index in [0.717, 1.165) is 58.0 Å². The van der Waals surface area contributed by atoms with Crippen LogP contribution in [0.25, 0.3) is 0 Å². The number of nitrogens with one attached hydrogen (secondary N) is 2. The second-order valence-corrected chi connectivity index (χ2v) is 6.60. The van der Waals surface area contributed by atoms with E-state index >= 15 is 0 Å². The van der Waals surface area contributed by atoms with Crippen molar-refractivity contribution >= 4 is 41.3 Å². The number of likely N-dealkylation sites (N-methyl/N-ethyl adjacent to an activating group) is 1. The Balaban J connectivity index is 0.00000529. The molecule has 140 valence electrons. The van der Waals surface area contributed by atoms with E-state index in [-0.39, 0.29) is 24.0 Å². The van der Waals surface area contributed by atoms with Crippen LogP contribution < -0.4 is 10.6 Å². The van der Waals surface area contributed by atoms with Crippen molar-refractivity contribution in [3.8, 4) is 0 Å². The number of guanidine groups is 1. The van der Waals surface area contributed by atoms with Crippen LogP contribution in [0.5, 0.6) is 0 Å². The van der Waals surface area contributed by atoms with E-state index < -0.39 is 0 Å². The Kier molecular flexibility index (Phi) is 14.6. The topological polar surface area (TPSA) is 61.8 Å². The number of methoxy groups -OCH3 is 1. The van der Waals surface area contributed by atoms with Gasteiger partial charge in [0.1, 0.15) is 0 Å². The molecule has 0 aliphatic carbocycles. The van der Waals surface area contributed by atoms with Crippen LogP contribution in [0.1, 0.15) is 23.2 Å². The van der Waals surface area contributed by atoms with Gasteiger partial charge in [0.2, 0.25) is 0 Å². The number of halogens is 1. The summed E-state index contributed by atoms with van der Waals surface area (Å²) in [6, 6.07) is 0. The molecule has 0 aliphatic heterocycles. The maximum atomic E-state index is 5.07. The zero-order chi connectivity index (χ0) is 16.9. The molecule has 0 saturated heterocycles. The van der Waals surface area contributed by atoms with Gasteiger partial charge < -0.3 is 20.3 Å². The first-order chi connectivity index (χ1) is 11.2. The Bertz CT molecular complexity index is 455. The van der Waals surface area contributed by atoms with Gasteiger partial charge in [-0.2, -0.15) is 0 Å². The molecule has 0 amide bonds. The van der Waals surface area contributed by atoms with Crippen LogP contribution in [0.2, 0.25) is 0 Å². The molecule has 1 aromatic heterocycles. The summed E-state index contributed by atoms with van der Waals surface area (Å²) >= 11 is 1.80. The fourth-order valence-electron chi connectivity index (χ4n) is 2.09. The Hall–Kier alpha value is -0.450. The summed E-state index contributed by atoms with van der Waals surface area (Å²) in [5.41, 5.74) is 0. The first-order valence-electron chi connectivity index (χ1n) is 8.25. The molecule has 2 N–H and O–H groups in total. The van der Waals surface area contributed by atoms with E-state index in [1.807, 2.05) is 6.20 Å². The van der Waals surface area contributed by atoms with Crippen molar-refractivity contribution in [3.63, 3.8) is 0 Å². The molecule has 6 nitrogen and oxygen atoms in total. The molecule has 0 radical (unpaired) electrons.